The van der Waals surface area contributed by atoms with E-state index in [-0.39, 0.29) is 39.2 Å². The molecular weight excluding hydrogens is 792 g/mol. The lowest BCUT2D eigenvalue weighted by Gasteiger charge is -2.47. The maximum atomic E-state index is 2.81. The Bertz CT molecular complexity index is 2840. The van der Waals surface area contributed by atoms with Crippen molar-refractivity contribution in [2.45, 2.75) is 169 Å². The van der Waals surface area contributed by atoms with Crippen LogP contribution in [-0.2, 0) is 39.0 Å². The third-order valence-corrected chi connectivity index (χ3v) is 17.8. The second-order valence-corrected chi connectivity index (χ2v) is 25.9. The van der Waals surface area contributed by atoms with Crippen LogP contribution >= 0.6 is 11.3 Å². The van der Waals surface area contributed by atoms with Gasteiger partial charge in [0, 0.05) is 38.9 Å². The van der Waals surface area contributed by atoms with Gasteiger partial charge in [0.15, 0.2) is 0 Å². The zero-order valence-electron chi connectivity index (χ0n) is 41.7. The topological polar surface area (TPSA) is 6.48 Å². The number of aryl methyl sites for hydroxylation is 1. The summed E-state index contributed by atoms with van der Waals surface area (Å²) in [7, 11) is 0. The summed E-state index contributed by atoms with van der Waals surface area (Å²) in [5, 5.41) is 0. The van der Waals surface area contributed by atoms with Crippen LogP contribution < -0.4 is 25.5 Å². The highest BCUT2D eigenvalue weighted by Crippen LogP contribution is 2.56. The monoisotopic (exact) mass is 863 g/mol. The molecule has 0 saturated carbocycles. The van der Waals surface area contributed by atoms with Crippen molar-refractivity contribution in [1.82, 2.24) is 0 Å². The Morgan fingerprint density at radius 1 is 0.594 bits per heavy atom. The molecule has 0 saturated heterocycles. The molecule has 2 aliphatic heterocycles. The number of rotatable bonds is 4. The van der Waals surface area contributed by atoms with Crippen LogP contribution in [0.4, 0.5) is 28.4 Å². The zero-order chi connectivity index (χ0) is 45.7. The van der Waals surface area contributed by atoms with Crippen LogP contribution in [0.25, 0.3) is 11.1 Å². The molecule has 2 nitrogen and oxygen atoms in total. The SMILES string of the molecule is Cc1cc2c3c(c1)N(c1ccc(C(C)(C)C)cc1)c1cc4c(cc1B3c1sc3c(c1N2Cc1ccc(C(C)(C)C)cc1-c1ccccc1)C(C)(C)CCC3(C)C)C(C)(C)CCC4(C)C. The Morgan fingerprint density at radius 2 is 1.17 bits per heavy atom. The van der Waals surface area contributed by atoms with Crippen molar-refractivity contribution in [2.75, 3.05) is 9.80 Å². The molecule has 10 rings (SSSR count). The minimum absolute atomic E-state index is 0.0376. The standard InChI is InChI=1S/C60H71BN2S/c1-37-31-48-51-49(32-37)63(42-25-23-40(24-26-42)55(2,3)4)47-35-45-44(57(8,9)27-28-58(45,10)11)34-46(47)61(51)54-52(50-53(64-54)60(14,15)30-29-59(50,12)13)62(48)36-39-21-22-41(56(5,6)7)33-43(39)38-19-17-16-18-20-38/h16-26,31-35H,27-30,36H2,1-15H3. The lowest BCUT2D eigenvalue weighted by atomic mass is 9.35. The summed E-state index contributed by atoms with van der Waals surface area (Å²) >= 11 is 2.15. The second-order valence-electron chi connectivity index (χ2n) is 24.9. The Morgan fingerprint density at radius 3 is 1.81 bits per heavy atom. The summed E-state index contributed by atoms with van der Waals surface area (Å²) < 4.78 is 1.54. The summed E-state index contributed by atoms with van der Waals surface area (Å²) in [5.74, 6) is 0. The fourth-order valence-electron chi connectivity index (χ4n) is 11.8. The van der Waals surface area contributed by atoms with Gasteiger partial charge in [-0.2, -0.15) is 11.3 Å². The van der Waals surface area contributed by atoms with E-state index in [0.717, 1.165) is 6.54 Å². The smallest absolute Gasteiger partial charge is 0.264 e. The van der Waals surface area contributed by atoms with Gasteiger partial charge in [0.1, 0.15) is 0 Å². The highest BCUT2D eigenvalue weighted by molar-refractivity contribution is 7.29. The van der Waals surface area contributed by atoms with Crippen molar-refractivity contribution >= 4 is 62.2 Å². The van der Waals surface area contributed by atoms with Crippen molar-refractivity contribution in [1.29, 1.82) is 0 Å². The van der Waals surface area contributed by atoms with Crippen molar-refractivity contribution in [3.63, 3.8) is 0 Å². The van der Waals surface area contributed by atoms with Crippen LogP contribution in [0.2, 0.25) is 0 Å². The molecule has 330 valence electrons. The van der Waals surface area contributed by atoms with E-state index in [2.05, 4.69) is 222 Å². The summed E-state index contributed by atoms with van der Waals surface area (Å²) in [6, 6.07) is 38.5. The molecule has 6 aromatic rings. The average molecular weight is 863 g/mol. The Hall–Kier alpha value is -4.54. The first-order valence-corrected chi connectivity index (χ1v) is 25.1. The van der Waals surface area contributed by atoms with E-state index in [0.29, 0.717) is 0 Å². The summed E-state index contributed by atoms with van der Waals surface area (Å²) in [6.07, 6.45) is 4.77. The number of hydrogen-bond acceptors (Lipinski definition) is 3. The molecule has 5 aromatic carbocycles. The third-order valence-electron chi connectivity index (χ3n) is 16.1. The van der Waals surface area contributed by atoms with Gasteiger partial charge >= 0.3 is 0 Å². The predicted molar refractivity (Wildman–Crippen MR) is 281 cm³/mol. The largest absolute Gasteiger partial charge is 0.337 e. The summed E-state index contributed by atoms with van der Waals surface area (Å²) in [6.45, 7) is 37.3. The predicted octanol–water partition coefficient (Wildman–Crippen LogP) is 15.0. The van der Waals surface area contributed by atoms with Crippen molar-refractivity contribution in [3.05, 3.63) is 141 Å². The molecule has 0 fully saturated rings. The molecule has 0 N–H and O–H groups in total. The van der Waals surface area contributed by atoms with Gasteiger partial charge in [-0.3, -0.25) is 0 Å². The number of benzene rings is 5. The summed E-state index contributed by atoms with van der Waals surface area (Å²) in [4.78, 5) is 7.07. The molecule has 3 heterocycles. The molecule has 0 atom stereocenters. The van der Waals surface area contributed by atoms with Crippen LogP contribution in [-0.4, -0.2) is 6.71 Å². The van der Waals surface area contributed by atoms with E-state index in [1.165, 1.54) is 109 Å². The van der Waals surface area contributed by atoms with Gasteiger partial charge in [0.2, 0.25) is 0 Å². The zero-order valence-corrected chi connectivity index (χ0v) is 42.5. The first kappa shape index (κ1) is 43.4. The van der Waals surface area contributed by atoms with Gasteiger partial charge < -0.3 is 9.80 Å². The van der Waals surface area contributed by atoms with E-state index in [4.69, 9.17) is 0 Å². The van der Waals surface area contributed by atoms with Gasteiger partial charge in [-0.15, -0.1) is 0 Å². The normalized spacial score (nSPS) is 18.8. The molecule has 0 spiro atoms. The Balaban J connectivity index is 1.30. The fourth-order valence-corrected chi connectivity index (χ4v) is 13.6. The van der Waals surface area contributed by atoms with E-state index in [1.54, 1.807) is 16.0 Å². The molecule has 0 unspecified atom stereocenters. The summed E-state index contributed by atoms with van der Waals surface area (Å²) in [5.41, 5.74) is 22.8. The molecule has 4 aliphatic rings. The fraction of sp³-hybridized carbons (Fsp3) is 0.433. The first-order valence-electron chi connectivity index (χ1n) is 24.3. The molecule has 1 aromatic heterocycles. The number of hydrogen-bond donors (Lipinski definition) is 0. The van der Waals surface area contributed by atoms with E-state index >= 15 is 0 Å². The minimum atomic E-state index is 0.0376. The van der Waals surface area contributed by atoms with E-state index in [9.17, 15) is 0 Å². The van der Waals surface area contributed by atoms with Crippen LogP contribution in [0.1, 0.15) is 166 Å². The van der Waals surface area contributed by atoms with Crippen LogP contribution in [0.15, 0.2) is 97.1 Å². The lowest BCUT2D eigenvalue weighted by molar-refractivity contribution is 0.332. The van der Waals surface area contributed by atoms with Crippen LogP contribution in [0, 0.1) is 6.92 Å². The maximum Gasteiger partial charge on any atom is 0.264 e. The number of anilines is 5. The highest BCUT2D eigenvalue weighted by Gasteiger charge is 2.51. The van der Waals surface area contributed by atoms with Crippen LogP contribution in [0.5, 0.6) is 0 Å². The third kappa shape index (κ3) is 6.77. The number of nitrogens with zero attached hydrogens (tertiary/aromatic N) is 2. The molecule has 0 radical (unpaired) electrons. The molecule has 0 amide bonds. The second kappa shape index (κ2) is 14.2. The quantitative estimate of drug-likeness (QED) is 0.163. The molecule has 4 heteroatoms. The molecule has 0 bridgehead atoms. The number of thiophene rings is 1. The first-order chi connectivity index (χ1) is 29.9. The molecule has 2 aliphatic carbocycles. The lowest BCUT2D eigenvalue weighted by Crippen LogP contribution is -2.61. The van der Waals surface area contributed by atoms with E-state index in [1.807, 2.05) is 0 Å². The van der Waals surface area contributed by atoms with Gasteiger partial charge in [0.05, 0.1) is 5.69 Å². The molecule has 64 heavy (non-hydrogen) atoms. The van der Waals surface area contributed by atoms with Gasteiger partial charge in [-0.1, -0.05) is 164 Å². The highest BCUT2D eigenvalue weighted by atomic mass is 32.1. The Labute approximate surface area is 390 Å². The van der Waals surface area contributed by atoms with Gasteiger partial charge in [-0.25, -0.2) is 0 Å². The maximum absolute atomic E-state index is 2.81. The van der Waals surface area contributed by atoms with Crippen molar-refractivity contribution in [2.24, 2.45) is 0 Å². The van der Waals surface area contributed by atoms with Gasteiger partial charge in [-0.05, 0) is 156 Å². The molecular formula is C60H71BN2S. The number of fused-ring (bicyclic) bond motifs is 7. The van der Waals surface area contributed by atoms with Crippen LogP contribution in [0.3, 0.4) is 0 Å². The van der Waals surface area contributed by atoms with Crippen molar-refractivity contribution < 1.29 is 0 Å². The van der Waals surface area contributed by atoms with Crippen molar-refractivity contribution in [3.8, 4) is 11.1 Å². The average Bonchev–Trinajstić information content (AvgIpc) is 3.65. The van der Waals surface area contributed by atoms with E-state index < -0.39 is 0 Å². The minimum Gasteiger partial charge on any atom is -0.337 e. The van der Waals surface area contributed by atoms with Gasteiger partial charge in [0.25, 0.3) is 6.71 Å². The Kier molecular flexibility index (Phi) is 9.64.